The van der Waals surface area contributed by atoms with Crippen molar-refractivity contribution >= 4 is 11.3 Å². The van der Waals surface area contributed by atoms with Gasteiger partial charge in [-0.3, -0.25) is 4.98 Å². The predicted octanol–water partition coefficient (Wildman–Crippen LogP) is 3.58. The van der Waals surface area contributed by atoms with Gasteiger partial charge in [-0.15, -0.1) is 0 Å². The fraction of sp³-hybridized carbons (Fsp3) is 0.438. The number of ether oxygens (including phenoxy) is 1. The van der Waals surface area contributed by atoms with Gasteiger partial charge < -0.3 is 10.1 Å². The summed E-state index contributed by atoms with van der Waals surface area (Å²) in [4.78, 5) is 4.60. The molecule has 0 aliphatic carbocycles. The highest BCUT2D eigenvalue weighted by Crippen LogP contribution is 2.29. The summed E-state index contributed by atoms with van der Waals surface area (Å²) in [6.07, 6.45) is 2.77. The maximum absolute atomic E-state index is 5.49. The summed E-state index contributed by atoms with van der Waals surface area (Å²) < 4.78 is 5.49. The van der Waals surface area contributed by atoms with Gasteiger partial charge in [0.05, 0.1) is 7.11 Å². The molecule has 0 radical (unpaired) electrons. The lowest BCUT2D eigenvalue weighted by Crippen LogP contribution is -2.20. The highest BCUT2D eigenvalue weighted by atomic mass is 32.1. The first-order valence-electron chi connectivity index (χ1n) is 6.77. The largest absolute Gasteiger partial charge is 0.496 e. The minimum Gasteiger partial charge on any atom is -0.496 e. The first-order chi connectivity index (χ1) is 9.58. The molecule has 0 bridgehead atoms. The first-order valence-corrected chi connectivity index (χ1v) is 7.71. The Morgan fingerprint density at radius 1 is 1.25 bits per heavy atom. The van der Waals surface area contributed by atoms with E-state index in [0.29, 0.717) is 6.04 Å². The van der Waals surface area contributed by atoms with E-state index in [1.165, 1.54) is 11.1 Å². The summed E-state index contributed by atoms with van der Waals surface area (Å²) in [5, 5.41) is 7.81. The third-order valence-electron chi connectivity index (χ3n) is 3.77. The van der Waals surface area contributed by atoms with Crippen LogP contribution in [-0.2, 0) is 6.42 Å². The van der Waals surface area contributed by atoms with E-state index in [2.05, 4.69) is 34.9 Å². The van der Waals surface area contributed by atoms with Crippen LogP contribution in [-0.4, -0.2) is 19.1 Å². The fourth-order valence-electron chi connectivity index (χ4n) is 2.57. The normalized spacial score (nSPS) is 12.4. The molecule has 0 saturated carbocycles. The summed E-state index contributed by atoms with van der Waals surface area (Å²) in [6.45, 7) is 6.27. The lowest BCUT2D eigenvalue weighted by atomic mass is 9.98. The van der Waals surface area contributed by atoms with Crippen LogP contribution in [0.3, 0.4) is 0 Å². The van der Waals surface area contributed by atoms with E-state index >= 15 is 0 Å². The van der Waals surface area contributed by atoms with Crippen molar-refractivity contribution in [3.63, 3.8) is 0 Å². The van der Waals surface area contributed by atoms with Crippen molar-refractivity contribution in [1.29, 1.82) is 0 Å². The molecule has 1 N–H and O–H groups in total. The summed E-state index contributed by atoms with van der Waals surface area (Å²) in [6, 6.07) is 0.292. The monoisotopic (exact) mass is 290 g/mol. The Labute approximate surface area is 125 Å². The minimum absolute atomic E-state index is 0.292. The van der Waals surface area contributed by atoms with Gasteiger partial charge in [-0.25, -0.2) is 0 Å². The molecule has 2 heterocycles. The van der Waals surface area contributed by atoms with Gasteiger partial charge in [0.1, 0.15) is 5.75 Å². The molecule has 3 nitrogen and oxygen atoms in total. The van der Waals surface area contributed by atoms with Crippen molar-refractivity contribution in [2.75, 3.05) is 14.2 Å². The molecule has 1 atom stereocenters. The van der Waals surface area contributed by atoms with E-state index < -0.39 is 0 Å². The summed E-state index contributed by atoms with van der Waals surface area (Å²) in [7, 11) is 3.72. The standard InChI is InChI=1S/C16H22N2OS/c1-10-7-18-14(12(3)16(10)19-5)6-15(17-4)13-9-20-8-11(13)2/h7-9,15,17H,6H2,1-5H3. The van der Waals surface area contributed by atoms with Crippen molar-refractivity contribution in [2.24, 2.45) is 0 Å². The smallest absolute Gasteiger partial charge is 0.128 e. The van der Waals surface area contributed by atoms with Crippen LogP contribution in [0.2, 0.25) is 0 Å². The zero-order valence-corrected chi connectivity index (χ0v) is 13.6. The number of aryl methyl sites for hydroxylation is 2. The Bertz CT molecular complexity index is 592. The molecule has 0 spiro atoms. The second kappa shape index (κ2) is 6.37. The summed E-state index contributed by atoms with van der Waals surface area (Å²) in [5.74, 6) is 0.951. The van der Waals surface area contributed by atoms with Crippen LogP contribution in [0.5, 0.6) is 5.75 Å². The van der Waals surface area contributed by atoms with Gasteiger partial charge in [0.2, 0.25) is 0 Å². The SMILES string of the molecule is CNC(Cc1ncc(C)c(OC)c1C)c1cscc1C. The molecule has 1 unspecified atom stereocenters. The number of rotatable bonds is 5. The summed E-state index contributed by atoms with van der Waals surface area (Å²) in [5.41, 5.74) is 6.02. The third-order valence-corrected chi connectivity index (χ3v) is 4.65. The van der Waals surface area contributed by atoms with Crippen LogP contribution in [0, 0.1) is 20.8 Å². The fourth-order valence-corrected chi connectivity index (χ4v) is 3.47. The predicted molar refractivity (Wildman–Crippen MR) is 84.8 cm³/mol. The molecule has 0 fully saturated rings. The van der Waals surface area contributed by atoms with Crippen molar-refractivity contribution in [1.82, 2.24) is 10.3 Å². The van der Waals surface area contributed by atoms with Crippen LogP contribution in [0.15, 0.2) is 17.0 Å². The Morgan fingerprint density at radius 3 is 2.55 bits per heavy atom. The van der Waals surface area contributed by atoms with Gasteiger partial charge in [0.25, 0.3) is 0 Å². The van der Waals surface area contributed by atoms with E-state index in [4.69, 9.17) is 4.74 Å². The molecule has 0 amide bonds. The lowest BCUT2D eigenvalue weighted by molar-refractivity contribution is 0.406. The van der Waals surface area contributed by atoms with Gasteiger partial charge in [-0.05, 0) is 49.7 Å². The molecule has 2 rings (SSSR count). The van der Waals surface area contributed by atoms with Crippen LogP contribution < -0.4 is 10.1 Å². The highest BCUT2D eigenvalue weighted by Gasteiger charge is 2.17. The molecule has 0 saturated heterocycles. The van der Waals surface area contributed by atoms with Gasteiger partial charge in [0.15, 0.2) is 0 Å². The van der Waals surface area contributed by atoms with Crippen LogP contribution in [0.25, 0.3) is 0 Å². The minimum atomic E-state index is 0.292. The van der Waals surface area contributed by atoms with Crippen LogP contribution in [0.4, 0.5) is 0 Å². The maximum atomic E-state index is 5.49. The number of nitrogens with one attached hydrogen (secondary N) is 1. The molecule has 4 heteroatoms. The molecule has 108 valence electrons. The Morgan fingerprint density at radius 2 is 2.00 bits per heavy atom. The van der Waals surface area contributed by atoms with Crippen molar-refractivity contribution in [3.05, 3.63) is 44.9 Å². The quantitative estimate of drug-likeness (QED) is 0.914. The first kappa shape index (κ1) is 15.0. The van der Waals surface area contributed by atoms with Gasteiger partial charge in [0, 0.05) is 35.5 Å². The van der Waals surface area contributed by atoms with Gasteiger partial charge in [-0.1, -0.05) is 0 Å². The number of hydrogen-bond acceptors (Lipinski definition) is 4. The molecule has 2 aromatic heterocycles. The molecule has 0 aromatic carbocycles. The average molecular weight is 290 g/mol. The Balaban J connectivity index is 2.31. The van der Waals surface area contributed by atoms with E-state index in [1.54, 1.807) is 18.4 Å². The van der Waals surface area contributed by atoms with E-state index in [9.17, 15) is 0 Å². The Kier molecular flexibility index (Phi) is 4.78. The Hall–Kier alpha value is -1.39. The van der Waals surface area contributed by atoms with Crippen molar-refractivity contribution < 1.29 is 4.74 Å². The van der Waals surface area contributed by atoms with E-state index in [1.807, 2.05) is 20.2 Å². The second-order valence-corrected chi connectivity index (χ2v) is 5.85. The number of pyridine rings is 1. The third kappa shape index (κ3) is 2.86. The molecule has 20 heavy (non-hydrogen) atoms. The van der Waals surface area contributed by atoms with E-state index in [0.717, 1.165) is 29.0 Å². The van der Waals surface area contributed by atoms with Crippen molar-refractivity contribution in [2.45, 2.75) is 33.2 Å². The maximum Gasteiger partial charge on any atom is 0.128 e. The van der Waals surface area contributed by atoms with Gasteiger partial charge in [-0.2, -0.15) is 11.3 Å². The zero-order valence-electron chi connectivity index (χ0n) is 12.8. The molecule has 0 aliphatic rings. The molecular weight excluding hydrogens is 268 g/mol. The summed E-state index contributed by atoms with van der Waals surface area (Å²) >= 11 is 1.75. The van der Waals surface area contributed by atoms with Crippen LogP contribution in [0.1, 0.15) is 34.0 Å². The molecular formula is C16H22N2OS. The van der Waals surface area contributed by atoms with Crippen molar-refractivity contribution in [3.8, 4) is 5.75 Å². The van der Waals surface area contributed by atoms with Gasteiger partial charge >= 0.3 is 0 Å². The lowest BCUT2D eigenvalue weighted by Gasteiger charge is -2.19. The van der Waals surface area contributed by atoms with E-state index in [-0.39, 0.29) is 0 Å². The number of likely N-dealkylation sites (N-methyl/N-ethyl adjacent to an activating group) is 1. The topological polar surface area (TPSA) is 34.2 Å². The average Bonchev–Trinajstić information content (AvgIpc) is 2.85. The zero-order chi connectivity index (χ0) is 14.7. The van der Waals surface area contributed by atoms with Crippen LogP contribution >= 0.6 is 11.3 Å². The number of methoxy groups -OCH3 is 1. The highest BCUT2D eigenvalue weighted by molar-refractivity contribution is 7.08. The number of thiophene rings is 1. The number of nitrogens with zero attached hydrogens (tertiary/aromatic N) is 1. The second-order valence-electron chi connectivity index (χ2n) is 5.10. The molecule has 2 aromatic rings. The number of aromatic nitrogens is 1. The number of hydrogen-bond donors (Lipinski definition) is 1. The molecule has 0 aliphatic heterocycles.